The van der Waals surface area contributed by atoms with Crippen LogP contribution in [0.1, 0.15) is 19.8 Å². The molecule has 1 aromatic rings. The Hall–Kier alpha value is -2.77. The summed E-state index contributed by atoms with van der Waals surface area (Å²) in [6.07, 6.45) is 1.82. The molecule has 25 heavy (non-hydrogen) atoms. The Balaban J connectivity index is 1.68. The normalized spacial score (nSPS) is 22.6. The van der Waals surface area contributed by atoms with Crippen LogP contribution < -0.4 is 20.1 Å². The van der Waals surface area contributed by atoms with Gasteiger partial charge in [-0.15, -0.1) is 0 Å². The average Bonchev–Trinajstić information content (AvgIpc) is 3.40. The summed E-state index contributed by atoms with van der Waals surface area (Å²) in [6, 6.07) is 4.40. The number of amides is 4. The highest BCUT2D eigenvalue weighted by atomic mass is 16.5. The SMILES string of the molecule is COc1cc(NC(=O)CN2C(=O)N[C@](C)(C3CC3)C2=O)cc(OC)c1. The van der Waals surface area contributed by atoms with E-state index in [2.05, 4.69) is 10.6 Å². The third-order valence-corrected chi connectivity index (χ3v) is 4.63. The Morgan fingerprint density at radius 2 is 1.84 bits per heavy atom. The fraction of sp³-hybridized carbons (Fsp3) is 0.471. The molecule has 1 atom stereocenters. The maximum atomic E-state index is 12.5. The van der Waals surface area contributed by atoms with E-state index in [1.54, 1.807) is 25.1 Å². The van der Waals surface area contributed by atoms with Gasteiger partial charge in [0.15, 0.2) is 0 Å². The van der Waals surface area contributed by atoms with Gasteiger partial charge in [0, 0.05) is 23.9 Å². The van der Waals surface area contributed by atoms with Crippen LogP contribution in [0.15, 0.2) is 18.2 Å². The summed E-state index contributed by atoms with van der Waals surface area (Å²) in [5.74, 6) is 0.369. The fourth-order valence-electron chi connectivity index (χ4n) is 3.02. The van der Waals surface area contributed by atoms with Gasteiger partial charge in [0.2, 0.25) is 5.91 Å². The molecule has 2 N–H and O–H groups in total. The molecule has 2 fully saturated rings. The molecule has 134 valence electrons. The van der Waals surface area contributed by atoms with E-state index >= 15 is 0 Å². The van der Waals surface area contributed by atoms with Crippen molar-refractivity contribution in [2.24, 2.45) is 5.92 Å². The molecule has 8 heteroatoms. The van der Waals surface area contributed by atoms with Gasteiger partial charge in [0.25, 0.3) is 5.91 Å². The zero-order valence-corrected chi connectivity index (χ0v) is 14.4. The molecule has 4 amide bonds. The molecule has 2 aliphatic rings. The van der Waals surface area contributed by atoms with E-state index in [-0.39, 0.29) is 18.4 Å². The number of rotatable bonds is 6. The maximum absolute atomic E-state index is 12.5. The van der Waals surface area contributed by atoms with Crippen molar-refractivity contribution >= 4 is 23.5 Å². The second kappa shape index (κ2) is 6.27. The third kappa shape index (κ3) is 3.24. The highest BCUT2D eigenvalue weighted by Gasteiger charge is 2.56. The van der Waals surface area contributed by atoms with E-state index in [1.807, 2.05) is 0 Å². The van der Waals surface area contributed by atoms with E-state index in [1.165, 1.54) is 14.2 Å². The molecule has 1 saturated heterocycles. The Morgan fingerprint density at radius 3 is 2.36 bits per heavy atom. The predicted molar refractivity (Wildman–Crippen MR) is 89.5 cm³/mol. The minimum Gasteiger partial charge on any atom is -0.497 e. The largest absolute Gasteiger partial charge is 0.497 e. The molecular weight excluding hydrogens is 326 g/mol. The van der Waals surface area contributed by atoms with Gasteiger partial charge >= 0.3 is 6.03 Å². The maximum Gasteiger partial charge on any atom is 0.325 e. The van der Waals surface area contributed by atoms with Gasteiger partial charge in [-0.3, -0.25) is 14.5 Å². The molecule has 0 radical (unpaired) electrons. The minimum absolute atomic E-state index is 0.152. The van der Waals surface area contributed by atoms with Crippen molar-refractivity contribution in [2.75, 3.05) is 26.1 Å². The number of urea groups is 1. The number of methoxy groups -OCH3 is 2. The first-order valence-corrected chi connectivity index (χ1v) is 8.04. The van der Waals surface area contributed by atoms with Crippen LogP contribution in [0, 0.1) is 5.92 Å². The molecule has 1 aliphatic heterocycles. The number of hydrogen-bond donors (Lipinski definition) is 2. The molecule has 1 saturated carbocycles. The third-order valence-electron chi connectivity index (χ3n) is 4.63. The van der Waals surface area contributed by atoms with Crippen molar-refractivity contribution in [3.8, 4) is 11.5 Å². The second-order valence-corrected chi connectivity index (χ2v) is 6.45. The van der Waals surface area contributed by atoms with Crippen molar-refractivity contribution in [1.82, 2.24) is 10.2 Å². The van der Waals surface area contributed by atoms with E-state index in [4.69, 9.17) is 9.47 Å². The van der Waals surface area contributed by atoms with Gasteiger partial charge in [0.1, 0.15) is 23.6 Å². The van der Waals surface area contributed by atoms with Crippen molar-refractivity contribution in [3.63, 3.8) is 0 Å². The summed E-state index contributed by atoms with van der Waals surface area (Å²) in [5.41, 5.74) is -0.436. The number of benzene rings is 1. The first-order valence-electron chi connectivity index (χ1n) is 8.04. The first kappa shape index (κ1) is 17.1. The molecule has 0 aromatic heterocycles. The lowest BCUT2D eigenvalue weighted by atomic mass is 9.96. The monoisotopic (exact) mass is 347 g/mol. The quantitative estimate of drug-likeness (QED) is 0.758. The predicted octanol–water partition coefficient (Wildman–Crippen LogP) is 1.36. The molecule has 1 aromatic carbocycles. The van der Waals surface area contributed by atoms with Crippen molar-refractivity contribution in [3.05, 3.63) is 18.2 Å². The van der Waals surface area contributed by atoms with Crippen molar-refractivity contribution in [1.29, 1.82) is 0 Å². The van der Waals surface area contributed by atoms with Gasteiger partial charge < -0.3 is 20.1 Å². The van der Waals surface area contributed by atoms with Gasteiger partial charge in [0.05, 0.1) is 14.2 Å². The van der Waals surface area contributed by atoms with Crippen LogP contribution in [0.5, 0.6) is 11.5 Å². The zero-order valence-electron chi connectivity index (χ0n) is 14.4. The average molecular weight is 347 g/mol. The Kier molecular flexibility index (Phi) is 4.28. The van der Waals surface area contributed by atoms with Gasteiger partial charge in [-0.1, -0.05) is 0 Å². The summed E-state index contributed by atoms with van der Waals surface area (Å²) in [5, 5.41) is 5.37. The number of imide groups is 1. The Bertz CT molecular complexity index is 709. The minimum atomic E-state index is -0.892. The molecule has 0 bridgehead atoms. The smallest absolute Gasteiger partial charge is 0.325 e. The van der Waals surface area contributed by atoms with E-state index in [0.29, 0.717) is 17.2 Å². The summed E-state index contributed by atoms with van der Waals surface area (Å²) in [7, 11) is 3.01. The highest BCUT2D eigenvalue weighted by Crippen LogP contribution is 2.42. The summed E-state index contributed by atoms with van der Waals surface area (Å²) in [4.78, 5) is 37.9. The molecule has 3 rings (SSSR count). The van der Waals surface area contributed by atoms with E-state index < -0.39 is 17.5 Å². The number of nitrogens with zero attached hydrogens (tertiary/aromatic N) is 1. The number of carbonyl (C=O) groups excluding carboxylic acids is 3. The standard InChI is InChI=1S/C17H21N3O5/c1-17(10-4-5-10)15(22)20(16(23)19-17)9-14(21)18-11-6-12(24-2)8-13(7-11)25-3/h6-8,10H,4-5,9H2,1-3H3,(H,18,21)(H,19,23)/t17-/m1/s1. The lowest BCUT2D eigenvalue weighted by molar-refractivity contribution is -0.134. The zero-order chi connectivity index (χ0) is 18.2. The lowest BCUT2D eigenvalue weighted by Gasteiger charge is -2.20. The van der Waals surface area contributed by atoms with Gasteiger partial charge in [-0.25, -0.2) is 4.79 Å². The lowest BCUT2D eigenvalue weighted by Crippen LogP contribution is -2.46. The van der Waals surface area contributed by atoms with Crippen molar-refractivity contribution in [2.45, 2.75) is 25.3 Å². The van der Waals surface area contributed by atoms with E-state index in [9.17, 15) is 14.4 Å². The fourth-order valence-corrected chi connectivity index (χ4v) is 3.02. The molecule has 1 heterocycles. The number of nitrogens with one attached hydrogen (secondary N) is 2. The van der Waals surface area contributed by atoms with Crippen LogP contribution in [0.3, 0.4) is 0 Å². The molecule has 0 spiro atoms. The molecule has 1 aliphatic carbocycles. The molecular formula is C17H21N3O5. The van der Waals surface area contributed by atoms with Gasteiger partial charge in [-0.2, -0.15) is 0 Å². The highest BCUT2D eigenvalue weighted by molar-refractivity contribution is 6.10. The number of ether oxygens (including phenoxy) is 2. The number of carbonyl (C=O) groups is 3. The van der Waals surface area contributed by atoms with Crippen LogP contribution in [0.2, 0.25) is 0 Å². The summed E-state index contributed by atoms with van der Waals surface area (Å²) < 4.78 is 10.3. The van der Waals surface area contributed by atoms with Crippen LogP contribution in [-0.4, -0.2) is 49.0 Å². The number of hydrogen-bond acceptors (Lipinski definition) is 5. The van der Waals surface area contributed by atoms with Crippen LogP contribution in [0.25, 0.3) is 0 Å². The summed E-state index contributed by atoms with van der Waals surface area (Å²) >= 11 is 0. The topological polar surface area (TPSA) is 97.0 Å². The van der Waals surface area contributed by atoms with Crippen LogP contribution in [-0.2, 0) is 9.59 Å². The van der Waals surface area contributed by atoms with Crippen LogP contribution in [0.4, 0.5) is 10.5 Å². The van der Waals surface area contributed by atoms with Gasteiger partial charge in [-0.05, 0) is 25.7 Å². The number of anilines is 1. The van der Waals surface area contributed by atoms with Crippen LogP contribution >= 0.6 is 0 Å². The Morgan fingerprint density at radius 1 is 1.24 bits per heavy atom. The van der Waals surface area contributed by atoms with Crippen molar-refractivity contribution < 1.29 is 23.9 Å². The Labute approximate surface area is 145 Å². The molecule has 8 nitrogen and oxygen atoms in total. The van der Waals surface area contributed by atoms with E-state index in [0.717, 1.165) is 17.7 Å². The summed E-state index contributed by atoms with van der Waals surface area (Å²) in [6.45, 7) is 1.38. The second-order valence-electron chi connectivity index (χ2n) is 6.45. The first-order chi connectivity index (χ1) is 11.9. The molecule has 0 unspecified atom stereocenters.